The van der Waals surface area contributed by atoms with Gasteiger partial charge in [-0.25, -0.2) is 0 Å². The van der Waals surface area contributed by atoms with Crippen molar-refractivity contribution < 1.29 is 17.1 Å². The summed E-state index contributed by atoms with van der Waals surface area (Å²) in [5, 5.41) is 34.8. The summed E-state index contributed by atoms with van der Waals surface area (Å²) in [6, 6.07) is 0.801. The van der Waals surface area contributed by atoms with Gasteiger partial charge in [0.15, 0.2) is 0 Å². The zero-order chi connectivity index (χ0) is 17.9. The van der Waals surface area contributed by atoms with Crippen LogP contribution in [0, 0.1) is 59.2 Å². The maximum absolute atomic E-state index is 6.25. The van der Waals surface area contributed by atoms with E-state index in [1.807, 2.05) is 0 Å². The van der Waals surface area contributed by atoms with Crippen LogP contribution in [-0.2, 0) is 17.1 Å². The molecule has 0 unspecified atom stereocenters. The van der Waals surface area contributed by atoms with E-state index in [2.05, 4.69) is 5.32 Å². The van der Waals surface area contributed by atoms with Crippen molar-refractivity contribution in [2.75, 3.05) is 13.1 Å². The molecule has 0 spiro atoms. The average molecular weight is 342 g/mol. The second-order valence-electron chi connectivity index (χ2n) is 3.43. The molecule has 0 aliphatic heterocycles. The van der Waals surface area contributed by atoms with Gasteiger partial charge in [0.2, 0.25) is 0 Å². The van der Waals surface area contributed by atoms with Gasteiger partial charge in [0, 0.05) is 6.04 Å². The summed E-state index contributed by atoms with van der Waals surface area (Å²) in [4.78, 5) is 0. The van der Waals surface area contributed by atoms with Gasteiger partial charge >= 0.3 is 17.1 Å². The van der Waals surface area contributed by atoms with Crippen LogP contribution in [0.25, 0.3) is 0 Å². The second-order valence-corrected chi connectivity index (χ2v) is 3.43. The fraction of sp³-hybridized carbons (Fsp3) is 0.643. The molecule has 0 amide bonds. The van der Waals surface area contributed by atoms with Gasteiger partial charge in [-0.05, 0) is 32.4 Å². The van der Waals surface area contributed by atoms with E-state index in [-0.39, 0.29) is 17.1 Å². The minimum atomic E-state index is 0. The van der Waals surface area contributed by atoms with Crippen molar-refractivity contribution in [3.05, 3.63) is 32.9 Å². The van der Waals surface area contributed by atoms with Gasteiger partial charge in [-0.1, -0.05) is 19.3 Å². The molecule has 22 heavy (non-hydrogen) atoms. The maximum atomic E-state index is 6.25. The van der Waals surface area contributed by atoms with E-state index in [1.54, 1.807) is 0 Å². The Balaban J connectivity index is -0.0000000500. The predicted octanol–water partition coefficient (Wildman–Crippen LogP) is 1.74. The van der Waals surface area contributed by atoms with Crippen molar-refractivity contribution >= 4 is 0 Å². The van der Waals surface area contributed by atoms with E-state index < -0.39 is 0 Å². The molecule has 1 aliphatic carbocycles. The molecule has 1 rings (SSSR count). The van der Waals surface area contributed by atoms with E-state index in [0.29, 0.717) is 0 Å². The van der Waals surface area contributed by atoms with Crippen LogP contribution >= 0.6 is 0 Å². The Bertz CT molecular complexity index is 217. The fourth-order valence-corrected chi connectivity index (χ4v) is 1.71. The standard InChI is InChI=1S/C9H20N2.5CN.Fe/c10-7-4-8-11-9-5-2-1-3-6-9;5*1-2;/h9,11H,1-8,10H2;;;;;;/q;5*-1;+5. The summed E-state index contributed by atoms with van der Waals surface area (Å²) < 4.78 is 0. The van der Waals surface area contributed by atoms with E-state index in [9.17, 15) is 0 Å². The van der Waals surface area contributed by atoms with E-state index in [4.69, 9.17) is 64.9 Å². The largest absolute Gasteiger partial charge is 5.00 e. The molecule has 1 fully saturated rings. The average Bonchev–Trinajstić information content (AvgIpc) is 2.65. The van der Waals surface area contributed by atoms with E-state index in [1.165, 1.54) is 32.1 Å². The smallest absolute Gasteiger partial charge is 0.512 e. The Kier molecular flexibility index (Phi) is 103. The zero-order valence-corrected chi connectivity index (χ0v) is 13.5. The van der Waals surface area contributed by atoms with Crippen molar-refractivity contribution in [1.29, 1.82) is 26.3 Å². The molecular weight excluding hydrogens is 322 g/mol. The summed E-state index contributed by atoms with van der Waals surface area (Å²) in [5.41, 5.74) is 5.40. The van der Waals surface area contributed by atoms with Gasteiger partial charge in [-0.3, -0.25) is 0 Å². The third-order valence-corrected chi connectivity index (χ3v) is 2.42. The summed E-state index contributed by atoms with van der Waals surface area (Å²) in [7, 11) is 0. The minimum Gasteiger partial charge on any atom is -0.512 e. The molecule has 0 aromatic heterocycles. The molecule has 119 valence electrons. The third-order valence-electron chi connectivity index (χ3n) is 2.42. The Morgan fingerprint density at radius 2 is 1.14 bits per heavy atom. The fourth-order valence-electron chi connectivity index (χ4n) is 1.71. The molecule has 0 heterocycles. The van der Waals surface area contributed by atoms with Crippen molar-refractivity contribution in [3.63, 3.8) is 0 Å². The van der Waals surface area contributed by atoms with Gasteiger partial charge < -0.3 is 70.2 Å². The van der Waals surface area contributed by atoms with Gasteiger partial charge in [0.1, 0.15) is 0 Å². The molecular formula is C14H20FeN7. The summed E-state index contributed by atoms with van der Waals surface area (Å²) in [6.45, 7) is 25.7. The monoisotopic (exact) mass is 342 g/mol. The van der Waals surface area contributed by atoms with Crippen LogP contribution in [-0.4, -0.2) is 19.1 Å². The Labute approximate surface area is 145 Å². The first-order valence-corrected chi connectivity index (χ1v) is 5.99. The van der Waals surface area contributed by atoms with Crippen LogP contribution in [0.4, 0.5) is 0 Å². The molecule has 0 atom stereocenters. The molecule has 0 bridgehead atoms. The SMILES string of the molecule is NCCCNC1CCCCC1.[C-]#N.[C-]#N.[C-]#N.[C-]#N.[C-]#N.[Fe+5]. The number of nitrogens with zero attached hydrogens (tertiary/aromatic N) is 5. The molecule has 0 saturated heterocycles. The molecule has 1 aliphatic rings. The van der Waals surface area contributed by atoms with Gasteiger partial charge in [-0.15, -0.1) is 0 Å². The van der Waals surface area contributed by atoms with Crippen LogP contribution in [0.2, 0.25) is 0 Å². The molecule has 0 aromatic carbocycles. The topological polar surface area (TPSA) is 157 Å². The van der Waals surface area contributed by atoms with Gasteiger partial charge in [0.05, 0.1) is 0 Å². The first-order chi connectivity index (χ1) is 10.4. The predicted molar refractivity (Wildman–Crippen MR) is 73.4 cm³/mol. The quantitative estimate of drug-likeness (QED) is 0.447. The minimum absolute atomic E-state index is 0. The molecule has 3 N–H and O–H groups in total. The Morgan fingerprint density at radius 3 is 1.45 bits per heavy atom. The summed E-state index contributed by atoms with van der Waals surface area (Å²) >= 11 is 0. The first kappa shape index (κ1) is 36.8. The van der Waals surface area contributed by atoms with Gasteiger partial charge in [-0.2, -0.15) is 0 Å². The molecule has 1 saturated carbocycles. The van der Waals surface area contributed by atoms with Crippen LogP contribution in [0.3, 0.4) is 0 Å². The van der Waals surface area contributed by atoms with Gasteiger partial charge in [0.25, 0.3) is 0 Å². The maximum Gasteiger partial charge on any atom is 5.00 e. The second kappa shape index (κ2) is 61.8. The Morgan fingerprint density at radius 1 is 0.773 bits per heavy atom. The van der Waals surface area contributed by atoms with Crippen LogP contribution in [0.5, 0.6) is 0 Å². The van der Waals surface area contributed by atoms with Crippen molar-refractivity contribution in [2.24, 2.45) is 5.73 Å². The number of rotatable bonds is 4. The first-order valence-electron chi connectivity index (χ1n) is 5.99. The zero-order valence-electron chi connectivity index (χ0n) is 12.4. The summed E-state index contributed by atoms with van der Waals surface area (Å²) in [5.74, 6) is 0. The summed E-state index contributed by atoms with van der Waals surface area (Å²) in [6.07, 6.45) is 8.15. The van der Waals surface area contributed by atoms with Crippen molar-refractivity contribution in [2.45, 2.75) is 44.6 Å². The van der Waals surface area contributed by atoms with Crippen LogP contribution in [0.1, 0.15) is 38.5 Å². The van der Waals surface area contributed by atoms with E-state index >= 15 is 0 Å². The van der Waals surface area contributed by atoms with Crippen LogP contribution in [0.15, 0.2) is 0 Å². The molecule has 0 aromatic rings. The van der Waals surface area contributed by atoms with Crippen molar-refractivity contribution in [1.82, 2.24) is 5.32 Å². The number of nitrogens with two attached hydrogens (primary N) is 1. The molecule has 8 heteroatoms. The number of hydrogen-bond acceptors (Lipinski definition) is 7. The molecule has 7 nitrogen and oxygen atoms in total. The third kappa shape index (κ3) is 43.0. The van der Waals surface area contributed by atoms with E-state index in [0.717, 1.165) is 25.6 Å². The number of nitrogens with one attached hydrogen (secondary N) is 1. The Hall–Kier alpha value is -2.11. The van der Waals surface area contributed by atoms with Crippen LogP contribution < -0.4 is 11.1 Å². The normalized spacial score (nSPS) is 10.7. The molecule has 1 radical (unpaired) electrons. The van der Waals surface area contributed by atoms with Crippen molar-refractivity contribution in [3.8, 4) is 0 Å². The number of hydrogen-bond donors (Lipinski definition) is 2.